The Bertz CT molecular complexity index is 515. The highest BCUT2D eigenvalue weighted by atomic mass is 15.1. The molecule has 2 N–H and O–H groups in total. The van der Waals surface area contributed by atoms with E-state index >= 15 is 0 Å². The zero-order chi connectivity index (χ0) is 12.4. The minimum Gasteiger partial charge on any atom is -0.384 e. The van der Waals surface area contributed by atoms with Crippen molar-refractivity contribution in [2.75, 3.05) is 5.73 Å². The second-order valence-corrected chi connectivity index (χ2v) is 4.60. The topological polar surface area (TPSA) is 69.6 Å². The Morgan fingerprint density at radius 3 is 2.71 bits per heavy atom. The van der Waals surface area contributed by atoms with Crippen LogP contribution in [0.25, 0.3) is 11.5 Å². The molecular formula is C12H17N5. The molecule has 2 heterocycles. The summed E-state index contributed by atoms with van der Waals surface area (Å²) < 4.78 is 1.88. The molecule has 0 radical (unpaired) electrons. The van der Waals surface area contributed by atoms with E-state index in [0.717, 1.165) is 17.8 Å². The molecule has 0 spiro atoms. The van der Waals surface area contributed by atoms with Crippen molar-refractivity contribution in [3.63, 3.8) is 0 Å². The lowest BCUT2D eigenvalue weighted by Crippen LogP contribution is -2.04. The van der Waals surface area contributed by atoms with Gasteiger partial charge in [0.1, 0.15) is 11.5 Å². The fourth-order valence-corrected chi connectivity index (χ4v) is 1.73. The number of hydrogen-bond donors (Lipinski definition) is 1. The quantitative estimate of drug-likeness (QED) is 0.872. The summed E-state index contributed by atoms with van der Waals surface area (Å²) in [6.07, 6.45) is 4.37. The highest BCUT2D eigenvalue weighted by Crippen LogP contribution is 2.17. The van der Waals surface area contributed by atoms with Crippen molar-refractivity contribution in [1.82, 2.24) is 19.5 Å². The second kappa shape index (κ2) is 4.53. The Morgan fingerprint density at radius 2 is 2.12 bits per heavy atom. The third-order valence-corrected chi connectivity index (χ3v) is 2.46. The number of anilines is 1. The first-order chi connectivity index (χ1) is 8.06. The molecule has 0 saturated heterocycles. The van der Waals surface area contributed by atoms with Crippen LogP contribution in [0, 0.1) is 5.92 Å². The number of aromatic nitrogens is 4. The molecular weight excluding hydrogens is 214 g/mol. The summed E-state index contributed by atoms with van der Waals surface area (Å²) in [5, 5.41) is 0. The van der Waals surface area contributed by atoms with E-state index < -0.39 is 0 Å². The summed E-state index contributed by atoms with van der Waals surface area (Å²) in [7, 11) is 1.91. The van der Waals surface area contributed by atoms with Crippen LogP contribution in [-0.4, -0.2) is 19.5 Å². The van der Waals surface area contributed by atoms with Gasteiger partial charge in [-0.05, 0) is 12.3 Å². The molecule has 2 aromatic rings. The first kappa shape index (κ1) is 11.6. The van der Waals surface area contributed by atoms with Gasteiger partial charge in [-0.25, -0.2) is 15.0 Å². The average molecular weight is 231 g/mol. The van der Waals surface area contributed by atoms with Crippen molar-refractivity contribution in [2.45, 2.75) is 20.3 Å². The van der Waals surface area contributed by atoms with Crippen molar-refractivity contribution >= 4 is 5.82 Å². The van der Waals surface area contributed by atoms with Crippen molar-refractivity contribution in [2.24, 2.45) is 13.0 Å². The van der Waals surface area contributed by atoms with Crippen molar-refractivity contribution in [3.05, 3.63) is 24.3 Å². The van der Waals surface area contributed by atoms with Crippen LogP contribution in [0.3, 0.4) is 0 Å². The predicted molar refractivity (Wildman–Crippen MR) is 67.2 cm³/mol. The van der Waals surface area contributed by atoms with Crippen LogP contribution in [-0.2, 0) is 13.5 Å². The number of nitrogens with zero attached hydrogens (tertiary/aromatic N) is 4. The Morgan fingerprint density at radius 1 is 1.35 bits per heavy atom. The fourth-order valence-electron chi connectivity index (χ4n) is 1.73. The minimum absolute atomic E-state index is 0.506. The third-order valence-electron chi connectivity index (χ3n) is 2.46. The number of hydrogen-bond acceptors (Lipinski definition) is 4. The average Bonchev–Trinajstić information content (AvgIpc) is 2.62. The van der Waals surface area contributed by atoms with Crippen molar-refractivity contribution < 1.29 is 0 Å². The molecule has 0 atom stereocenters. The van der Waals surface area contributed by atoms with E-state index in [9.17, 15) is 0 Å². The second-order valence-electron chi connectivity index (χ2n) is 4.60. The van der Waals surface area contributed by atoms with Crippen LogP contribution in [0.2, 0.25) is 0 Å². The van der Waals surface area contributed by atoms with Crippen molar-refractivity contribution in [3.8, 4) is 11.5 Å². The maximum Gasteiger partial charge on any atom is 0.180 e. The highest BCUT2D eigenvalue weighted by Gasteiger charge is 2.09. The van der Waals surface area contributed by atoms with E-state index in [-0.39, 0.29) is 0 Å². The van der Waals surface area contributed by atoms with Crippen LogP contribution < -0.4 is 5.73 Å². The Kier molecular flexibility index (Phi) is 3.08. The summed E-state index contributed by atoms with van der Waals surface area (Å²) in [6, 6.07) is 1.83. The first-order valence-electron chi connectivity index (χ1n) is 5.66. The van der Waals surface area contributed by atoms with E-state index in [1.165, 1.54) is 0 Å². The van der Waals surface area contributed by atoms with Gasteiger partial charge in [-0.15, -0.1) is 0 Å². The summed E-state index contributed by atoms with van der Waals surface area (Å²) in [5.41, 5.74) is 7.66. The van der Waals surface area contributed by atoms with Gasteiger partial charge >= 0.3 is 0 Å². The zero-order valence-corrected chi connectivity index (χ0v) is 10.4. The maximum absolute atomic E-state index is 5.81. The van der Waals surface area contributed by atoms with Gasteiger partial charge in [0, 0.05) is 18.8 Å². The standard InChI is InChI=1S/C12H17N5/c1-8(2)4-9-5-11(13)16-12(15-9)10-6-14-7-17(10)3/h5-8H,4H2,1-3H3,(H2,13,15,16). The monoisotopic (exact) mass is 231 g/mol. The molecule has 0 aromatic carbocycles. The minimum atomic E-state index is 0.506. The molecule has 2 rings (SSSR count). The molecule has 0 aliphatic heterocycles. The van der Waals surface area contributed by atoms with E-state index in [1.807, 2.05) is 17.7 Å². The van der Waals surface area contributed by atoms with Gasteiger partial charge in [0.05, 0.1) is 12.5 Å². The number of aryl methyl sites for hydroxylation is 1. The van der Waals surface area contributed by atoms with Gasteiger partial charge < -0.3 is 10.3 Å². The molecule has 2 aromatic heterocycles. The Balaban J connectivity index is 2.42. The van der Waals surface area contributed by atoms with E-state index in [2.05, 4.69) is 28.8 Å². The smallest absolute Gasteiger partial charge is 0.180 e. The van der Waals surface area contributed by atoms with Crippen LogP contribution in [0.15, 0.2) is 18.6 Å². The molecule has 90 valence electrons. The van der Waals surface area contributed by atoms with Gasteiger partial charge in [0.15, 0.2) is 5.82 Å². The van der Waals surface area contributed by atoms with E-state index in [0.29, 0.717) is 17.6 Å². The molecule has 0 aliphatic rings. The third kappa shape index (κ3) is 2.61. The lowest BCUT2D eigenvalue weighted by Gasteiger charge is -2.07. The Labute approximate surface area is 101 Å². The molecule has 17 heavy (non-hydrogen) atoms. The van der Waals surface area contributed by atoms with Gasteiger partial charge in [-0.3, -0.25) is 0 Å². The summed E-state index contributed by atoms with van der Waals surface area (Å²) in [6.45, 7) is 4.31. The summed E-state index contributed by atoms with van der Waals surface area (Å²) in [5.74, 6) is 1.69. The van der Waals surface area contributed by atoms with Crippen LogP contribution in [0.1, 0.15) is 19.5 Å². The van der Waals surface area contributed by atoms with Crippen LogP contribution in [0.5, 0.6) is 0 Å². The lowest BCUT2D eigenvalue weighted by atomic mass is 10.1. The molecule has 5 nitrogen and oxygen atoms in total. The molecule has 0 fully saturated rings. The first-order valence-corrected chi connectivity index (χ1v) is 5.66. The lowest BCUT2D eigenvalue weighted by molar-refractivity contribution is 0.634. The number of nitrogen functional groups attached to an aromatic ring is 1. The molecule has 0 saturated carbocycles. The Hall–Kier alpha value is -1.91. The SMILES string of the molecule is CC(C)Cc1cc(N)nc(-c2cncn2C)n1. The molecule has 0 unspecified atom stereocenters. The maximum atomic E-state index is 5.81. The van der Waals surface area contributed by atoms with Gasteiger partial charge in [-0.1, -0.05) is 13.8 Å². The molecule has 0 bridgehead atoms. The van der Waals surface area contributed by atoms with Gasteiger partial charge in [0.25, 0.3) is 0 Å². The molecule has 0 amide bonds. The van der Waals surface area contributed by atoms with Gasteiger partial charge in [-0.2, -0.15) is 0 Å². The number of imidazole rings is 1. The number of rotatable bonds is 3. The fraction of sp³-hybridized carbons (Fsp3) is 0.417. The highest BCUT2D eigenvalue weighted by molar-refractivity contribution is 5.51. The molecule has 0 aliphatic carbocycles. The largest absolute Gasteiger partial charge is 0.384 e. The molecule has 5 heteroatoms. The predicted octanol–water partition coefficient (Wildman–Crippen LogP) is 1.66. The summed E-state index contributed by atoms with van der Waals surface area (Å²) in [4.78, 5) is 12.8. The van der Waals surface area contributed by atoms with Crippen molar-refractivity contribution in [1.29, 1.82) is 0 Å². The van der Waals surface area contributed by atoms with Crippen LogP contribution in [0.4, 0.5) is 5.82 Å². The zero-order valence-electron chi connectivity index (χ0n) is 10.4. The summed E-state index contributed by atoms with van der Waals surface area (Å²) >= 11 is 0. The van der Waals surface area contributed by atoms with Crippen LogP contribution >= 0.6 is 0 Å². The van der Waals surface area contributed by atoms with E-state index in [1.54, 1.807) is 12.5 Å². The normalized spacial score (nSPS) is 11.1. The number of nitrogens with two attached hydrogens (primary N) is 1. The van der Waals surface area contributed by atoms with Gasteiger partial charge in [0.2, 0.25) is 0 Å². The van der Waals surface area contributed by atoms with E-state index in [4.69, 9.17) is 5.73 Å².